The van der Waals surface area contributed by atoms with E-state index < -0.39 is 16.1 Å². The second kappa shape index (κ2) is 7.95. The molecule has 1 aromatic carbocycles. The first-order valence-electron chi connectivity index (χ1n) is 10.3. The Bertz CT molecular complexity index is 903. The summed E-state index contributed by atoms with van der Waals surface area (Å²) in [5.74, 6) is 0.279. The Morgan fingerprint density at radius 3 is 2.52 bits per heavy atom. The van der Waals surface area contributed by atoms with Gasteiger partial charge in [0.05, 0.1) is 10.6 Å². The van der Waals surface area contributed by atoms with Crippen LogP contribution in [0.3, 0.4) is 0 Å². The molecule has 9 heteroatoms. The lowest BCUT2D eigenvalue weighted by Crippen LogP contribution is -2.43. The fourth-order valence-electron chi connectivity index (χ4n) is 4.25. The average Bonchev–Trinajstić information content (AvgIpc) is 3.27. The van der Waals surface area contributed by atoms with Gasteiger partial charge in [0, 0.05) is 32.1 Å². The van der Waals surface area contributed by atoms with Crippen LogP contribution in [-0.4, -0.2) is 61.7 Å². The van der Waals surface area contributed by atoms with Crippen molar-refractivity contribution in [2.45, 2.75) is 50.0 Å². The minimum atomic E-state index is -3.70. The SMILES string of the molecule is CCC1Oc2ccc(S(=O)(=O)N3CCC(C(=O)N4CCCC4)CC3)cc2NC1=O. The summed E-state index contributed by atoms with van der Waals surface area (Å²) < 4.78 is 33.2. The molecule has 4 rings (SSSR count). The first-order valence-corrected chi connectivity index (χ1v) is 11.7. The normalized spacial score (nSPS) is 23.4. The zero-order valence-electron chi connectivity index (χ0n) is 16.6. The van der Waals surface area contributed by atoms with E-state index in [0.29, 0.717) is 43.8 Å². The van der Waals surface area contributed by atoms with Gasteiger partial charge in [0.2, 0.25) is 15.9 Å². The maximum absolute atomic E-state index is 13.1. The Balaban J connectivity index is 1.45. The number of amides is 2. The molecule has 1 aromatic rings. The van der Waals surface area contributed by atoms with E-state index in [9.17, 15) is 18.0 Å². The van der Waals surface area contributed by atoms with Crippen LogP contribution in [0.15, 0.2) is 23.1 Å². The van der Waals surface area contributed by atoms with Crippen LogP contribution in [0.25, 0.3) is 0 Å². The van der Waals surface area contributed by atoms with Gasteiger partial charge in [-0.15, -0.1) is 0 Å². The topological polar surface area (TPSA) is 96.0 Å². The number of hydrogen-bond acceptors (Lipinski definition) is 5. The molecule has 1 atom stereocenters. The highest BCUT2D eigenvalue weighted by molar-refractivity contribution is 7.89. The first kappa shape index (κ1) is 20.2. The number of carbonyl (C=O) groups excluding carboxylic acids is 2. The monoisotopic (exact) mass is 421 g/mol. The number of piperidine rings is 1. The quantitative estimate of drug-likeness (QED) is 0.800. The number of nitrogens with zero attached hydrogens (tertiary/aromatic N) is 2. The average molecular weight is 422 g/mol. The summed E-state index contributed by atoms with van der Waals surface area (Å²) in [5, 5.41) is 2.73. The molecule has 2 fully saturated rings. The predicted molar refractivity (Wildman–Crippen MR) is 107 cm³/mol. The summed E-state index contributed by atoms with van der Waals surface area (Å²) in [6.07, 6.45) is 3.16. The molecule has 8 nitrogen and oxygen atoms in total. The highest BCUT2D eigenvalue weighted by Gasteiger charge is 2.35. The standard InChI is InChI=1S/C20H27N3O5S/c1-2-17-19(24)21-16-13-15(5-6-18(16)28-17)29(26,27)23-11-7-14(8-12-23)20(25)22-9-3-4-10-22/h5-6,13-14,17H,2-4,7-12H2,1H3,(H,21,24). The lowest BCUT2D eigenvalue weighted by Gasteiger charge is -2.32. The van der Waals surface area contributed by atoms with Gasteiger partial charge in [-0.05, 0) is 50.3 Å². The van der Waals surface area contributed by atoms with Gasteiger partial charge < -0.3 is 15.0 Å². The van der Waals surface area contributed by atoms with Crippen molar-refractivity contribution < 1.29 is 22.7 Å². The number of fused-ring (bicyclic) bond motifs is 1. The summed E-state index contributed by atoms with van der Waals surface area (Å²) in [7, 11) is -3.70. The van der Waals surface area contributed by atoms with Gasteiger partial charge in [0.15, 0.2) is 6.10 Å². The van der Waals surface area contributed by atoms with Crippen LogP contribution in [0.1, 0.15) is 39.0 Å². The van der Waals surface area contributed by atoms with E-state index in [0.717, 1.165) is 25.9 Å². The molecular formula is C20H27N3O5S. The molecule has 0 saturated carbocycles. The zero-order chi connectivity index (χ0) is 20.6. The smallest absolute Gasteiger partial charge is 0.265 e. The Hall–Kier alpha value is -2.13. The zero-order valence-corrected chi connectivity index (χ0v) is 17.4. The van der Waals surface area contributed by atoms with Gasteiger partial charge in [0.25, 0.3) is 5.91 Å². The molecule has 3 aliphatic heterocycles. The van der Waals surface area contributed by atoms with E-state index in [1.54, 1.807) is 6.07 Å². The van der Waals surface area contributed by atoms with E-state index in [1.165, 1.54) is 16.4 Å². The van der Waals surface area contributed by atoms with Crippen molar-refractivity contribution in [2.75, 3.05) is 31.5 Å². The summed E-state index contributed by atoms with van der Waals surface area (Å²) in [5.41, 5.74) is 0.375. The van der Waals surface area contributed by atoms with E-state index >= 15 is 0 Å². The highest BCUT2D eigenvalue weighted by Crippen LogP contribution is 2.34. The van der Waals surface area contributed by atoms with Crippen LogP contribution in [0.4, 0.5) is 5.69 Å². The second-order valence-electron chi connectivity index (χ2n) is 7.87. The minimum absolute atomic E-state index is 0.0956. The van der Waals surface area contributed by atoms with Gasteiger partial charge in [-0.3, -0.25) is 9.59 Å². The van der Waals surface area contributed by atoms with Crippen LogP contribution in [0, 0.1) is 5.92 Å². The third-order valence-electron chi connectivity index (χ3n) is 6.00. The Morgan fingerprint density at radius 1 is 1.17 bits per heavy atom. The van der Waals surface area contributed by atoms with Crippen LogP contribution in [-0.2, 0) is 19.6 Å². The Labute approximate surface area is 171 Å². The van der Waals surface area contributed by atoms with Gasteiger partial charge in [-0.25, -0.2) is 8.42 Å². The molecule has 3 aliphatic rings. The van der Waals surface area contributed by atoms with Gasteiger partial charge in [-0.2, -0.15) is 4.31 Å². The lowest BCUT2D eigenvalue weighted by molar-refractivity contribution is -0.135. The van der Waals surface area contributed by atoms with Gasteiger partial charge in [-0.1, -0.05) is 6.92 Å². The molecule has 1 N–H and O–H groups in total. The number of benzene rings is 1. The third kappa shape index (κ3) is 3.85. The molecule has 158 valence electrons. The predicted octanol–water partition coefficient (Wildman–Crippen LogP) is 1.82. The van der Waals surface area contributed by atoms with Gasteiger partial charge >= 0.3 is 0 Å². The number of hydrogen-bond donors (Lipinski definition) is 1. The van der Waals surface area contributed by atoms with Crippen LogP contribution in [0.2, 0.25) is 0 Å². The van der Waals surface area contributed by atoms with Crippen LogP contribution < -0.4 is 10.1 Å². The Kier molecular flexibility index (Phi) is 5.52. The summed E-state index contributed by atoms with van der Waals surface area (Å²) >= 11 is 0. The fourth-order valence-corrected chi connectivity index (χ4v) is 5.74. The van der Waals surface area contributed by atoms with Crippen molar-refractivity contribution >= 4 is 27.5 Å². The van der Waals surface area contributed by atoms with Crippen molar-refractivity contribution in [3.8, 4) is 5.75 Å². The molecule has 0 aromatic heterocycles. The molecular weight excluding hydrogens is 394 g/mol. The largest absolute Gasteiger partial charge is 0.478 e. The molecule has 0 aliphatic carbocycles. The molecule has 0 spiro atoms. The van der Waals surface area contributed by atoms with Crippen molar-refractivity contribution in [1.82, 2.24) is 9.21 Å². The number of rotatable bonds is 4. The number of nitrogens with one attached hydrogen (secondary N) is 1. The summed E-state index contributed by atoms with van der Waals surface area (Å²) in [6.45, 7) is 4.14. The number of likely N-dealkylation sites (tertiary alicyclic amines) is 1. The van der Waals surface area contributed by atoms with Gasteiger partial charge in [0.1, 0.15) is 5.75 Å². The summed E-state index contributed by atoms with van der Waals surface area (Å²) in [6, 6.07) is 4.56. The van der Waals surface area contributed by atoms with Crippen LogP contribution >= 0.6 is 0 Å². The summed E-state index contributed by atoms with van der Waals surface area (Å²) in [4.78, 5) is 26.6. The van der Waals surface area contributed by atoms with Crippen molar-refractivity contribution in [2.24, 2.45) is 5.92 Å². The highest BCUT2D eigenvalue weighted by atomic mass is 32.2. The van der Waals surface area contributed by atoms with E-state index in [-0.39, 0.29) is 22.6 Å². The molecule has 0 radical (unpaired) electrons. The van der Waals surface area contributed by atoms with Crippen molar-refractivity contribution in [3.63, 3.8) is 0 Å². The lowest BCUT2D eigenvalue weighted by atomic mass is 9.97. The number of carbonyl (C=O) groups is 2. The van der Waals surface area contributed by atoms with Crippen molar-refractivity contribution in [1.29, 1.82) is 0 Å². The number of anilines is 1. The van der Waals surface area contributed by atoms with Crippen LogP contribution in [0.5, 0.6) is 5.75 Å². The fraction of sp³-hybridized carbons (Fsp3) is 0.600. The van der Waals surface area contributed by atoms with Crippen molar-refractivity contribution in [3.05, 3.63) is 18.2 Å². The van der Waals surface area contributed by atoms with E-state index in [4.69, 9.17) is 4.74 Å². The molecule has 2 amide bonds. The number of sulfonamides is 1. The molecule has 1 unspecified atom stereocenters. The van der Waals surface area contributed by atoms with E-state index in [1.807, 2.05) is 11.8 Å². The molecule has 29 heavy (non-hydrogen) atoms. The maximum Gasteiger partial charge on any atom is 0.265 e. The second-order valence-corrected chi connectivity index (χ2v) is 9.81. The first-order chi connectivity index (χ1) is 13.9. The maximum atomic E-state index is 13.1. The molecule has 0 bridgehead atoms. The number of ether oxygens (including phenoxy) is 1. The molecule has 3 heterocycles. The minimum Gasteiger partial charge on any atom is -0.478 e. The Morgan fingerprint density at radius 2 is 1.86 bits per heavy atom. The third-order valence-corrected chi connectivity index (χ3v) is 7.89. The van der Waals surface area contributed by atoms with E-state index in [2.05, 4.69) is 5.32 Å². The molecule has 2 saturated heterocycles.